The molecule has 2 heterocycles. The van der Waals surface area contributed by atoms with Crippen molar-refractivity contribution in [1.82, 2.24) is 10.2 Å². The molecule has 3 rings (SSSR count). The first-order valence-corrected chi connectivity index (χ1v) is 8.38. The lowest BCUT2D eigenvalue weighted by molar-refractivity contribution is -0.133. The summed E-state index contributed by atoms with van der Waals surface area (Å²) in [6, 6.07) is 2.49. The Bertz CT molecular complexity index is 437. The van der Waals surface area contributed by atoms with Gasteiger partial charge in [0, 0.05) is 12.6 Å². The minimum absolute atomic E-state index is 0.118. The first-order chi connectivity index (χ1) is 9.72. The fourth-order valence-corrected chi connectivity index (χ4v) is 3.46. The van der Waals surface area contributed by atoms with E-state index in [9.17, 15) is 9.90 Å². The monoisotopic (exact) mass is 294 g/mol. The lowest BCUT2D eigenvalue weighted by Crippen LogP contribution is -2.44. The molecular weight excluding hydrogens is 272 g/mol. The maximum Gasteiger partial charge on any atom is 0.249 e. The molecule has 110 valence electrons. The summed E-state index contributed by atoms with van der Waals surface area (Å²) in [5.41, 5.74) is 1.36. The molecule has 2 N–H and O–H groups in total. The van der Waals surface area contributed by atoms with Crippen LogP contribution >= 0.6 is 11.3 Å². The number of nitrogens with zero attached hydrogens (tertiary/aromatic N) is 1. The molecule has 1 saturated carbocycles. The van der Waals surface area contributed by atoms with Crippen LogP contribution in [0.25, 0.3) is 0 Å². The number of rotatable bonds is 5. The van der Waals surface area contributed by atoms with E-state index >= 15 is 0 Å². The first-order valence-electron chi connectivity index (χ1n) is 7.44. The highest BCUT2D eigenvalue weighted by atomic mass is 32.1. The molecule has 2 aliphatic rings. The van der Waals surface area contributed by atoms with Crippen LogP contribution in [0.3, 0.4) is 0 Å². The molecule has 5 heteroatoms. The maximum absolute atomic E-state index is 11.9. The van der Waals surface area contributed by atoms with E-state index in [1.807, 2.05) is 0 Å². The summed E-state index contributed by atoms with van der Waals surface area (Å²) in [7, 11) is 0. The van der Waals surface area contributed by atoms with Gasteiger partial charge in [0.1, 0.15) is 6.10 Å². The summed E-state index contributed by atoms with van der Waals surface area (Å²) in [4.78, 5) is 14.3. The Morgan fingerprint density at radius 2 is 2.15 bits per heavy atom. The summed E-state index contributed by atoms with van der Waals surface area (Å²) in [5, 5.41) is 17.3. The Balaban J connectivity index is 1.44. The largest absolute Gasteiger partial charge is 0.383 e. The average molecular weight is 294 g/mol. The van der Waals surface area contributed by atoms with E-state index in [4.69, 9.17) is 0 Å². The predicted octanol–water partition coefficient (Wildman–Crippen LogP) is 1.60. The van der Waals surface area contributed by atoms with Gasteiger partial charge < -0.3 is 10.4 Å². The van der Waals surface area contributed by atoms with Crippen LogP contribution in [0.15, 0.2) is 16.8 Å². The Hall–Kier alpha value is -0.910. The number of carbonyl (C=O) groups excluding carboxylic acids is 1. The van der Waals surface area contributed by atoms with Crippen molar-refractivity contribution in [3.63, 3.8) is 0 Å². The van der Waals surface area contributed by atoms with Crippen LogP contribution in [0.5, 0.6) is 0 Å². The summed E-state index contributed by atoms with van der Waals surface area (Å²) in [5.74, 6) is -0.0451. The second-order valence-electron chi connectivity index (χ2n) is 5.97. The number of aliphatic hydroxyl groups excluding tert-OH is 1. The number of thiophene rings is 1. The summed E-state index contributed by atoms with van der Waals surface area (Å²) in [6.07, 6.45) is 3.13. The van der Waals surface area contributed by atoms with Crippen molar-refractivity contribution < 1.29 is 9.90 Å². The zero-order valence-corrected chi connectivity index (χ0v) is 12.4. The van der Waals surface area contributed by atoms with Gasteiger partial charge in [0.15, 0.2) is 0 Å². The van der Waals surface area contributed by atoms with E-state index in [-0.39, 0.29) is 11.8 Å². The minimum Gasteiger partial charge on any atom is -0.383 e. The molecule has 20 heavy (non-hydrogen) atoms. The van der Waals surface area contributed by atoms with Gasteiger partial charge in [-0.1, -0.05) is 0 Å². The van der Waals surface area contributed by atoms with Crippen molar-refractivity contribution >= 4 is 17.2 Å². The third-order valence-electron chi connectivity index (χ3n) is 4.26. The van der Waals surface area contributed by atoms with Crippen molar-refractivity contribution in [1.29, 1.82) is 0 Å². The molecule has 2 fully saturated rings. The molecule has 4 nitrogen and oxygen atoms in total. The summed E-state index contributed by atoms with van der Waals surface area (Å²) in [6.45, 7) is 2.92. The summed E-state index contributed by atoms with van der Waals surface area (Å²) >= 11 is 1.73. The number of carbonyl (C=O) groups is 1. The van der Waals surface area contributed by atoms with E-state index in [0.717, 1.165) is 45.3 Å². The molecule has 1 aliphatic carbocycles. The van der Waals surface area contributed by atoms with Crippen molar-refractivity contribution in [3.8, 4) is 0 Å². The molecule has 0 aromatic carbocycles. The quantitative estimate of drug-likeness (QED) is 0.867. The van der Waals surface area contributed by atoms with Crippen LogP contribution in [0, 0.1) is 5.92 Å². The first kappa shape index (κ1) is 14.0. The SMILES string of the molecule is O=C(NC1CC1)C(O)C1CCN(Cc2ccsc2)CC1. The number of amides is 1. The van der Waals surface area contributed by atoms with Crippen LogP contribution in [0.2, 0.25) is 0 Å². The molecule has 1 aromatic rings. The Morgan fingerprint density at radius 3 is 2.75 bits per heavy atom. The highest BCUT2D eigenvalue weighted by Crippen LogP contribution is 2.24. The van der Waals surface area contributed by atoms with Crippen molar-refractivity contribution in [3.05, 3.63) is 22.4 Å². The number of hydrogen-bond donors (Lipinski definition) is 2. The van der Waals surface area contributed by atoms with E-state index in [1.165, 1.54) is 5.56 Å². The maximum atomic E-state index is 11.9. The molecule has 0 radical (unpaired) electrons. The highest BCUT2D eigenvalue weighted by molar-refractivity contribution is 7.07. The number of nitrogens with one attached hydrogen (secondary N) is 1. The molecule has 0 bridgehead atoms. The Labute approximate surface area is 123 Å². The normalized spacial score (nSPS) is 22.6. The van der Waals surface area contributed by atoms with Gasteiger partial charge in [-0.3, -0.25) is 9.69 Å². The lowest BCUT2D eigenvalue weighted by atomic mass is 9.90. The molecule has 1 unspecified atom stereocenters. The zero-order chi connectivity index (χ0) is 13.9. The second-order valence-corrected chi connectivity index (χ2v) is 6.75. The molecule has 1 atom stereocenters. The van der Waals surface area contributed by atoms with Crippen LogP contribution in [-0.4, -0.2) is 41.1 Å². The van der Waals surface area contributed by atoms with Crippen molar-refractivity contribution in [2.45, 2.75) is 44.4 Å². The molecule has 1 amide bonds. The predicted molar refractivity (Wildman–Crippen MR) is 79.5 cm³/mol. The van der Waals surface area contributed by atoms with E-state index in [2.05, 4.69) is 27.0 Å². The van der Waals surface area contributed by atoms with Crippen molar-refractivity contribution in [2.24, 2.45) is 5.92 Å². The highest BCUT2D eigenvalue weighted by Gasteiger charge is 2.32. The van der Waals surface area contributed by atoms with Gasteiger partial charge in [-0.2, -0.15) is 11.3 Å². The standard InChI is InChI=1S/C15H22N2O2S/c18-14(15(19)16-13-1-2-13)12-3-6-17(7-4-12)9-11-5-8-20-10-11/h5,8,10,12-14,18H,1-4,6-7,9H2,(H,16,19). The summed E-state index contributed by atoms with van der Waals surface area (Å²) < 4.78 is 0. The van der Waals surface area contributed by atoms with Crippen LogP contribution in [0.1, 0.15) is 31.2 Å². The van der Waals surface area contributed by atoms with E-state index in [1.54, 1.807) is 11.3 Å². The van der Waals surface area contributed by atoms with Crippen LogP contribution in [0.4, 0.5) is 0 Å². The minimum atomic E-state index is -0.820. The fraction of sp³-hybridized carbons (Fsp3) is 0.667. The third kappa shape index (κ3) is 3.59. The van der Waals surface area contributed by atoms with Crippen molar-refractivity contribution in [2.75, 3.05) is 13.1 Å². The van der Waals surface area contributed by atoms with Crippen LogP contribution in [-0.2, 0) is 11.3 Å². The molecule has 1 aromatic heterocycles. The molecule has 0 spiro atoms. The van der Waals surface area contributed by atoms with Gasteiger partial charge in [-0.25, -0.2) is 0 Å². The Kier molecular flexibility index (Phi) is 4.38. The van der Waals surface area contributed by atoms with Gasteiger partial charge in [0.05, 0.1) is 0 Å². The third-order valence-corrected chi connectivity index (χ3v) is 4.99. The van der Waals surface area contributed by atoms with Gasteiger partial charge in [0.25, 0.3) is 0 Å². The Morgan fingerprint density at radius 1 is 1.40 bits per heavy atom. The number of aliphatic hydroxyl groups is 1. The number of likely N-dealkylation sites (tertiary alicyclic amines) is 1. The van der Waals surface area contributed by atoms with Gasteiger partial charge in [-0.15, -0.1) is 0 Å². The molecule has 1 saturated heterocycles. The van der Waals surface area contributed by atoms with Gasteiger partial charge in [-0.05, 0) is 67.1 Å². The average Bonchev–Trinajstić information content (AvgIpc) is 3.12. The smallest absolute Gasteiger partial charge is 0.249 e. The zero-order valence-electron chi connectivity index (χ0n) is 11.6. The van der Waals surface area contributed by atoms with Crippen LogP contribution < -0.4 is 5.32 Å². The van der Waals surface area contributed by atoms with E-state index < -0.39 is 6.10 Å². The fourth-order valence-electron chi connectivity index (χ4n) is 2.80. The topological polar surface area (TPSA) is 52.6 Å². The molecular formula is C15H22N2O2S. The number of piperidine rings is 1. The van der Waals surface area contributed by atoms with E-state index in [0.29, 0.717) is 6.04 Å². The lowest BCUT2D eigenvalue weighted by Gasteiger charge is -2.33. The number of hydrogen-bond acceptors (Lipinski definition) is 4. The van der Waals surface area contributed by atoms with Gasteiger partial charge in [0.2, 0.25) is 5.91 Å². The van der Waals surface area contributed by atoms with Gasteiger partial charge >= 0.3 is 0 Å². The second kappa shape index (κ2) is 6.24. The molecule has 1 aliphatic heterocycles.